The molecule has 0 radical (unpaired) electrons. The number of urea groups is 1. The first-order chi connectivity index (χ1) is 9.93. The van der Waals surface area contributed by atoms with Gasteiger partial charge in [-0.1, -0.05) is 23.2 Å². The number of hydrogen-bond acceptors (Lipinski definition) is 2. The van der Waals surface area contributed by atoms with Crippen molar-refractivity contribution in [1.29, 1.82) is 0 Å². The number of aromatic nitrogens is 2. The fraction of sp³-hybridized carbons (Fsp3) is 0.385. The summed E-state index contributed by atoms with van der Waals surface area (Å²) in [5, 5.41) is 3.71. The number of imidazole rings is 1. The van der Waals surface area contributed by atoms with E-state index in [1.807, 2.05) is 4.57 Å². The number of alkyl halides is 1. The molecule has 1 N–H and O–H groups in total. The van der Waals surface area contributed by atoms with Crippen LogP contribution in [0.3, 0.4) is 0 Å². The summed E-state index contributed by atoms with van der Waals surface area (Å²) in [5.74, 6) is 0.982. The van der Waals surface area contributed by atoms with Gasteiger partial charge in [0.25, 0.3) is 0 Å². The first kappa shape index (κ1) is 16.2. The van der Waals surface area contributed by atoms with E-state index < -0.39 is 0 Å². The Hall–Kier alpha value is -1.17. The summed E-state index contributed by atoms with van der Waals surface area (Å²) in [7, 11) is 3.38. The normalized spacial score (nSPS) is 10.9. The third kappa shape index (κ3) is 3.54. The summed E-state index contributed by atoms with van der Waals surface area (Å²) in [6.07, 6.45) is 0. The van der Waals surface area contributed by atoms with Gasteiger partial charge < -0.3 is 14.8 Å². The van der Waals surface area contributed by atoms with Crippen LogP contribution in [0.15, 0.2) is 12.1 Å². The third-order valence-corrected chi connectivity index (χ3v) is 3.97. The average molecular weight is 350 g/mol. The first-order valence-corrected chi connectivity index (χ1v) is 7.58. The van der Waals surface area contributed by atoms with E-state index in [4.69, 9.17) is 34.8 Å². The molecule has 1 heterocycles. The summed E-state index contributed by atoms with van der Waals surface area (Å²) in [4.78, 5) is 17.4. The third-order valence-electron chi connectivity index (χ3n) is 3.01. The number of amides is 2. The van der Waals surface area contributed by atoms with Gasteiger partial charge in [-0.3, -0.25) is 0 Å². The first-order valence-electron chi connectivity index (χ1n) is 6.29. The standard InChI is InChI=1S/C13H15Cl3N4O/c1-19(2)13(21)17-3-4-20-11-6-9(16)8(15)5-10(11)18-12(20)7-14/h5-6H,3-4,7H2,1-2H3,(H,17,21). The van der Waals surface area contributed by atoms with Crippen molar-refractivity contribution >= 4 is 51.9 Å². The summed E-state index contributed by atoms with van der Waals surface area (Å²) in [6, 6.07) is 3.33. The molecule has 1 aromatic heterocycles. The molecule has 0 saturated heterocycles. The molecule has 0 aliphatic heterocycles. The number of carbonyl (C=O) groups is 1. The predicted molar refractivity (Wildman–Crippen MR) is 86.4 cm³/mol. The Morgan fingerprint density at radius 3 is 2.62 bits per heavy atom. The molecule has 0 atom stereocenters. The Kier molecular flexibility index (Phi) is 5.19. The fourth-order valence-electron chi connectivity index (χ4n) is 1.95. The number of benzene rings is 1. The molecule has 2 aromatic rings. The zero-order chi connectivity index (χ0) is 15.6. The van der Waals surface area contributed by atoms with Crippen molar-refractivity contribution in [3.8, 4) is 0 Å². The minimum atomic E-state index is -0.145. The van der Waals surface area contributed by atoms with Gasteiger partial charge in [0.2, 0.25) is 0 Å². The van der Waals surface area contributed by atoms with Gasteiger partial charge in [0, 0.05) is 27.2 Å². The van der Waals surface area contributed by atoms with Crippen molar-refractivity contribution in [2.24, 2.45) is 0 Å². The second-order valence-electron chi connectivity index (χ2n) is 4.69. The summed E-state index contributed by atoms with van der Waals surface area (Å²) in [5.41, 5.74) is 1.58. The zero-order valence-electron chi connectivity index (χ0n) is 11.7. The van der Waals surface area contributed by atoms with Crippen LogP contribution in [-0.2, 0) is 12.4 Å². The maximum absolute atomic E-state index is 11.5. The number of hydrogen-bond donors (Lipinski definition) is 1. The van der Waals surface area contributed by atoms with Crippen molar-refractivity contribution in [3.63, 3.8) is 0 Å². The van der Waals surface area contributed by atoms with E-state index in [2.05, 4.69) is 10.3 Å². The molecular weight excluding hydrogens is 335 g/mol. The molecule has 0 aliphatic carbocycles. The zero-order valence-corrected chi connectivity index (χ0v) is 13.9. The molecule has 1 aromatic carbocycles. The van der Waals surface area contributed by atoms with Crippen LogP contribution in [0.2, 0.25) is 10.0 Å². The number of fused-ring (bicyclic) bond motifs is 1. The quantitative estimate of drug-likeness (QED) is 0.861. The molecule has 0 fully saturated rings. The molecule has 0 unspecified atom stereocenters. The van der Waals surface area contributed by atoms with Gasteiger partial charge in [0.05, 0.1) is 27.0 Å². The number of halogens is 3. The Labute approximate surface area is 137 Å². The van der Waals surface area contributed by atoms with Crippen molar-refractivity contribution in [2.45, 2.75) is 12.4 Å². The van der Waals surface area contributed by atoms with Crippen molar-refractivity contribution in [1.82, 2.24) is 19.8 Å². The van der Waals surface area contributed by atoms with Crippen molar-refractivity contribution < 1.29 is 4.79 Å². The van der Waals surface area contributed by atoms with Crippen molar-refractivity contribution in [2.75, 3.05) is 20.6 Å². The monoisotopic (exact) mass is 348 g/mol. The Morgan fingerprint density at radius 2 is 2.00 bits per heavy atom. The van der Waals surface area contributed by atoms with Gasteiger partial charge >= 0.3 is 6.03 Å². The second-order valence-corrected chi connectivity index (χ2v) is 5.78. The van der Waals surface area contributed by atoms with Crippen molar-refractivity contribution in [3.05, 3.63) is 28.0 Å². The van der Waals surface area contributed by atoms with E-state index in [0.717, 1.165) is 11.0 Å². The largest absolute Gasteiger partial charge is 0.336 e. The molecule has 0 bridgehead atoms. The molecule has 114 valence electrons. The molecule has 0 saturated carbocycles. The second kappa shape index (κ2) is 6.73. The Morgan fingerprint density at radius 1 is 1.33 bits per heavy atom. The highest BCUT2D eigenvalue weighted by Crippen LogP contribution is 2.28. The number of rotatable bonds is 4. The summed E-state index contributed by atoms with van der Waals surface area (Å²) in [6.45, 7) is 1.02. The van der Waals surface area contributed by atoms with Crippen LogP contribution in [0.4, 0.5) is 4.79 Å². The highest BCUT2D eigenvalue weighted by Gasteiger charge is 2.13. The minimum Gasteiger partial charge on any atom is -0.336 e. The predicted octanol–water partition coefficient (Wildman–Crippen LogP) is 3.35. The maximum Gasteiger partial charge on any atom is 0.316 e. The van der Waals surface area contributed by atoms with Gasteiger partial charge in [0.1, 0.15) is 5.82 Å². The van der Waals surface area contributed by atoms with Crippen LogP contribution in [0, 0.1) is 0 Å². The molecule has 0 aliphatic rings. The molecule has 0 spiro atoms. The van der Waals surface area contributed by atoms with Crippen LogP contribution in [0.5, 0.6) is 0 Å². The fourth-order valence-corrected chi connectivity index (χ4v) is 2.47. The maximum atomic E-state index is 11.5. The summed E-state index contributed by atoms with van der Waals surface area (Å²) >= 11 is 18.0. The van der Waals surface area contributed by atoms with Crippen LogP contribution in [0.25, 0.3) is 11.0 Å². The molecule has 2 amide bonds. The van der Waals surface area contributed by atoms with E-state index in [1.54, 1.807) is 26.2 Å². The van der Waals surface area contributed by atoms with E-state index in [1.165, 1.54) is 4.90 Å². The lowest BCUT2D eigenvalue weighted by Crippen LogP contribution is -2.36. The van der Waals surface area contributed by atoms with Gasteiger partial charge in [-0.15, -0.1) is 11.6 Å². The van der Waals surface area contributed by atoms with Crippen LogP contribution in [0.1, 0.15) is 5.82 Å². The molecule has 8 heteroatoms. The van der Waals surface area contributed by atoms with E-state index in [-0.39, 0.29) is 11.9 Å². The molecule has 5 nitrogen and oxygen atoms in total. The summed E-state index contributed by atoms with van der Waals surface area (Å²) < 4.78 is 1.93. The Balaban J connectivity index is 2.25. The molecule has 21 heavy (non-hydrogen) atoms. The highest BCUT2D eigenvalue weighted by molar-refractivity contribution is 6.42. The number of carbonyl (C=O) groups excluding carboxylic acids is 1. The van der Waals surface area contributed by atoms with E-state index in [0.29, 0.717) is 29.0 Å². The Bertz CT molecular complexity index is 669. The minimum absolute atomic E-state index is 0.145. The topological polar surface area (TPSA) is 50.2 Å². The average Bonchev–Trinajstić information content (AvgIpc) is 2.76. The lowest BCUT2D eigenvalue weighted by Gasteiger charge is -2.13. The van der Waals surface area contributed by atoms with Crippen LogP contribution >= 0.6 is 34.8 Å². The van der Waals surface area contributed by atoms with E-state index in [9.17, 15) is 4.79 Å². The molecular formula is C13H15Cl3N4O. The lowest BCUT2D eigenvalue weighted by molar-refractivity contribution is 0.217. The van der Waals surface area contributed by atoms with Gasteiger partial charge in [-0.05, 0) is 12.1 Å². The SMILES string of the molecule is CN(C)C(=O)NCCn1c(CCl)nc2cc(Cl)c(Cl)cc21. The number of nitrogens with zero attached hydrogens (tertiary/aromatic N) is 3. The smallest absolute Gasteiger partial charge is 0.316 e. The van der Waals surface area contributed by atoms with Crippen LogP contribution in [-0.4, -0.2) is 41.1 Å². The van der Waals surface area contributed by atoms with Gasteiger partial charge in [-0.25, -0.2) is 9.78 Å². The van der Waals surface area contributed by atoms with Gasteiger partial charge in [0.15, 0.2) is 0 Å². The lowest BCUT2D eigenvalue weighted by atomic mass is 10.3. The van der Waals surface area contributed by atoms with E-state index >= 15 is 0 Å². The van der Waals surface area contributed by atoms with Crippen LogP contribution < -0.4 is 5.32 Å². The molecule has 2 rings (SSSR count). The van der Waals surface area contributed by atoms with Gasteiger partial charge in [-0.2, -0.15) is 0 Å². The highest BCUT2D eigenvalue weighted by atomic mass is 35.5. The number of nitrogens with one attached hydrogen (secondary N) is 1.